The fourth-order valence-electron chi connectivity index (χ4n) is 1.90. The average molecular weight is 301 g/mol. The van der Waals surface area contributed by atoms with E-state index in [0.717, 1.165) is 23.8 Å². The zero-order chi connectivity index (χ0) is 14.9. The minimum atomic E-state index is -0.718. The molecule has 1 N–H and O–H groups in total. The predicted octanol–water partition coefficient (Wildman–Crippen LogP) is 3.03. The lowest BCUT2D eigenvalue weighted by Gasteiger charge is -2.14. The van der Waals surface area contributed by atoms with Gasteiger partial charge in [0.05, 0.1) is 29.1 Å². The average Bonchev–Trinajstić information content (AvgIpc) is 2.69. The van der Waals surface area contributed by atoms with Gasteiger partial charge in [-0.05, 0) is 6.07 Å². The molecular formula is C13H15ClF2N4. The Morgan fingerprint density at radius 3 is 2.60 bits per heavy atom. The highest BCUT2D eigenvalue weighted by Crippen LogP contribution is 2.27. The number of benzene rings is 1. The van der Waals surface area contributed by atoms with Gasteiger partial charge in [-0.3, -0.25) is 0 Å². The summed E-state index contributed by atoms with van der Waals surface area (Å²) in [6, 6.07) is 1.87. The minimum absolute atomic E-state index is 0.0116. The van der Waals surface area contributed by atoms with Gasteiger partial charge in [-0.25, -0.2) is 13.8 Å². The topological polar surface area (TPSA) is 33.1 Å². The molecular weight excluding hydrogens is 286 g/mol. The SMILES string of the molecule is CN(C)c1ncc(CNc2c(F)cc(F)cc2Cl)n1C. The van der Waals surface area contributed by atoms with Gasteiger partial charge >= 0.3 is 0 Å². The lowest BCUT2D eigenvalue weighted by atomic mass is 10.3. The van der Waals surface area contributed by atoms with E-state index < -0.39 is 11.6 Å². The van der Waals surface area contributed by atoms with Gasteiger partial charge in [0.1, 0.15) is 5.82 Å². The van der Waals surface area contributed by atoms with Gasteiger partial charge in [-0.1, -0.05) is 11.6 Å². The Morgan fingerprint density at radius 1 is 1.35 bits per heavy atom. The van der Waals surface area contributed by atoms with Crippen molar-refractivity contribution in [2.75, 3.05) is 24.3 Å². The second-order valence-corrected chi connectivity index (χ2v) is 5.01. The van der Waals surface area contributed by atoms with E-state index in [1.165, 1.54) is 0 Å². The first-order valence-corrected chi connectivity index (χ1v) is 6.34. The quantitative estimate of drug-likeness (QED) is 0.942. The second kappa shape index (κ2) is 5.66. The molecule has 1 aromatic heterocycles. The first kappa shape index (κ1) is 14.6. The van der Waals surface area contributed by atoms with E-state index in [-0.39, 0.29) is 10.7 Å². The second-order valence-electron chi connectivity index (χ2n) is 4.60. The molecule has 0 amide bonds. The van der Waals surface area contributed by atoms with Crippen molar-refractivity contribution in [3.63, 3.8) is 0 Å². The predicted molar refractivity (Wildman–Crippen MR) is 76.2 cm³/mol. The smallest absolute Gasteiger partial charge is 0.204 e. The van der Waals surface area contributed by atoms with Gasteiger partial charge < -0.3 is 14.8 Å². The molecule has 0 unspecified atom stereocenters. The highest BCUT2D eigenvalue weighted by molar-refractivity contribution is 6.33. The lowest BCUT2D eigenvalue weighted by molar-refractivity contribution is 0.585. The molecule has 0 aliphatic heterocycles. The lowest BCUT2D eigenvalue weighted by Crippen LogP contribution is -2.15. The highest BCUT2D eigenvalue weighted by Gasteiger charge is 2.12. The summed E-state index contributed by atoms with van der Waals surface area (Å²) in [6.07, 6.45) is 1.69. The van der Waals surface area contributed by atoms with Crippen LogP contribution in [0.25, 0.3) is 0 Å². The van der Waals surface area contributed by atoms with E-state index in [4.69, 9.17) is 11.6 Å². The van der Waals surface area contributed by atoms with E-state index in [2.05, 4.69) is 10.3 Å². The van der Waals surface area contributed by atoms with Gasteiger partial charge in [0.2, 0.25) is 5.95 Å². The van der Waals surface area contributed by atoms with E-state index in [9.17, 15) is 8.78 Å². The Hall–Kier alpha value is -1.82. The van der Waals surface area contributed by atoms with Crippen molar-refractivity contribution in [2.24, 2.45) is 7.05 Å². The van der Waals surface area contributed by atoms with Crippen LogP contribution < -0.4 is 10.2 Å². The number of anilines is 2. The first-order chi connectivity index (χ1) is 9.40. The van der Waals surface area contributed by atoms with Crippen LogP contribution in [0.4, 0.5) is 20.4 Å². The summed E-state index contributed by atoms with van der Waals surface area (Å²) >= 11 is 5.82. The zero-order valence-electron chi connectivity index (χ0n) is 11.4. The molecule has 1 aromatic carbocycles. The van der Waals surface area contributed by atoms with Crippen LogP contribution in [0.1, 0.15) is 5.69 Å². The van der Waals surface area contributed by atoms with E-state index >= 15 is 0 Å². The molecule has 0 atom stereocenters. The molecule has 0 aliphatic carbocycles. The Balaban J connectivity index is 2.17. The molecule has 2 aromatic rings. The van der Waals surface area contributed by atoms with Crippen LogP contribution >= 0.6 is 11.6 Å². The molecule has 0 radical (unpaired) electrons. The van der Waals surface area contributed by atoms with Crippen LogP contribution in [0.5, 0.6) is 0 Å². The Labute approximate surface area is 121 Å². The number of nitrogens with one attached hydrogen (secondary N) is 1. The molecule has 20 heavy (non-hydrogen) atoms. The van der Waals surface area contributed by atoms with Gasteiger partial charge in [0.15, 0.2) is 5.82 Å². The number of rotatable bonds is 4. The number of hydrogen-bond donors (Lipinski definition) is 1. The first-order valence-electron chi connectivity index (χ1n) is 5.96. The molecule has 0 bridgehead atoms. The molecule has 0 saturated heterocycles. The molecule has 0 aliphatic rings. The number of aromatic nitrogens is 2. The minimum Gasteiger partial charge on any atom is -0.376 e. The third-order valence-electron chi connectivity index (χ3n) is 2.91. The fraction of sp³-hybridized carbons (Fsp3) is 0.308. The van der Waals surface area contributed by atoms with Crippen LogP contribution in [0.15, 0.2) is 18.3 Å². The molecule has 0 fully saturated rings. The third kappa shape index (κ3) is 2.85. The maximum atomic E-state index is 13.6. The molecule has 7 heteroatoms. The van der Waals surface area contributed by atoms with Crippen molar-refractivity contribution in [3.8, 4) is 0 Å². The van der Waals surface area contributed by atoms with E-state index in [1.54, 1.807) is 6.20 Å². The summed E-state index contributed by atoms with van der Waals surface area (Å²) in [4.78, 5) is 6.12. The fourth-order valence-corrected chi connectivity index (χ4v) is 2.16. The standard InChI is InChI=1S/C13H15ClF2N4/c1-19(2)13-18-7-9(20(13)3)6-17-12-10(14)4-8(15)5-11(12)16/h4-5,7,17H,6H2,1-3H3. The van der Waals surface area contributed by atoms with Crippen LogP contribution in [-0.4, -0.2) is 23.6 Å². The van der Waals surface area contributed by atoms with E-state index in [0.29, 0.717) is 6.54 Å². The number of nitrogens with zero attached hydrogens (tertiary/aromatic N) is 3. The zero-order valence-corrected chi connectivity index (χ0v) is 12.2. The van der Waals surface area contributed by atoms with Crippen molar-refractivity contribution in [1.82, 2.24) is 9.55 Å². The molecule has 108 valence electrons. The molecule has 0 spiro atoms. The largest absolute Gasteiger partial charge is 0.376 e. The van der Waals surface area contributed by atoms with Crippen LogP contribution in [-0.2, 0) is 13.6 Å². The number of hydrogen-bond acceptors (Lipinski definition) is 3. The monoisotopic (exact) mass is 300 g/mol. The Kier molecular flexibility index (Phi) is 4.13. The summed E-state index contributed by atoms with van der Waals surface area (Å²) in [5, 5.41) is 2.88. The van der Waals surface area contributed by atoms with Gasteiger partial charge in [-0.2, -0.15) is 0 Å². The van der Waals surface area contributed by atoms with Crippen molar-refractivity contribution in [2.45, 2.75) is 6.54 Å². The summed E-state index contributed by atoms with van der Waals surface area (Å²) < 4.78 is 28.5. The van der Waals surface area contributed by atoms with Crippen molar-refractivity contribution in [3.05, 3.63) is 40.7 Å². The number of imidazole rings is 1. The van der Waals surface area contributed by atoms with Crippen molar-refractivity contribution >= 4 is 23.2 Å². The molecule has 0 saturated carbocycles. The van der Waals surface area contributed by atoms with Crippen LogP contribution in [0.2, 0.25) is 5.02 Å². The normalized spacial score (nSPS) is 10.7. The Bertz CT molecular complexity index is 602. The summed E-state index contributed by atoms with van der Waals surface area (Å²) in [5.74, 6) is -0.633. The van der Waals surface area contributed by atoms with Gasteiger partial charge in [-0.15, -0.1) is 0 Å². The Morgan fingerprint density at radius 2 is 2.05 bits per heavy atom. The van der Waals surface area contributed by atoms with E-state index in [1.807, 2.05) is 30.6 Å². The van der Waals surface area contributed by atoms with Gasteiger partial charge in [0, 0.05) is 27.2 Å². The maximum absolute atomic E-state index is 13.6. The maximum Gasteiger partial charge on any atom is 0.204 e. The molecule has 1 heterocycles. The van der Waals surface area contributed by atoms with Crippen LogP contribution in [0.3, 0.4) is 0 Å². The van der Waals surface area contributed by atoms with Gasteiger partial charge in [0.25, 0.3) is 0 Å². The number of halogens is 3. The van der Waals surface area contributed by atoms with Crippen molar-refractivity contribution < 1.29 is 8.78 Å². The summed E-state index contributed by atoms with van der Waals surface area (Å²) in [5.41, 5.74) is 0.939. The summed E-state index contributed by atoms with van der Waals surface area (Å²) in [6.45, 7) is 0.333. The highest BCUT2D eigenvalue weighted by atomic mass is 35.5. The van der Waals surface area contributed by atoms with Crippen LogP contribution in [0, 0.1) is 11.6 Å². The molecule has 4 nitrogen and oxygen atoms in total. The summed E-state index contributed by atoms with van der Waals surface area (Å²) in [7, 11) is 5.63. The molecule has 2 rings (SSSR count). The third-order valence-corrected chi connectivity index (χ3v) is 3.21. The van der Waals surface area contributed by atoms with Crippen molar-refractivity contribution in [1.29, 1.82) is 0 Å².